The van der Waals surface area contributed by atoms with Crippen molar-refractivity contribution in [2.75, 3.05) is 17.8 Å². The van der Waals surface area contributed by atoms with E-state index in [1.165, 1.54) is 0 Å². The molecular formula is C11H13FO6S2. The largest absolute Gasteiger partial charge is 0.478 e. The number of halogens is 1. The fourth-order valence-electron chi connectivity index (χ4n) is 1.50. The highest BCUT2D eigenvalue weighted by molar-refractivity contribution is 7.92. The van der Waals surface area contributed by atoms with Gasteiger partial charge in [0.15, 0.2) is 9.84 Å². The number of benzene rings is 1. The molecule has 0 atom stereocenters. The number of carboxylic acid groups (broad SMARTS) is 1. The quantitative estimate of drug-likeness (QED) is 0.827. The second-order valence-electron chi connectivity index (χ2n) is 4.25. The van der Waals surface area contributed by atoms with Gasteiger partial charge in [-0.25, -0.2) is 26.0 Å². The Hall–Kier alpha value is -1.48. The molecule has 0 heterocycles. The normalized spacial score (nSPS) is 12.3. The molecule has 0 aromatic heterocycles. The fraction of sp³-hybridized carbons (Fsp3) is 0.364. The van der Waals surface area contributed by atoms with Crippen LogP contribution in [0.1, 0.15) is 16.8 Å². The molecule has 0 saturated carbocycles. The number of carboxylic acids is 1. The molecule has 0 spiro atoms. The summed E-state index contributed by atoms with van der Waals surface area (Å²) in [6.45, 7) is 0. The molecule has 1 aromatic carbocycles. The summed E-state index contributed by atoms with van der Waals surface area (Å²) in [6, 6.07) is 2.44. The van der Waals surface area contributed by atoms with Crippen LogP contribution in [0.3, 0.4) is 0 Å². The van der Waals surface area contributed by atoms with Crippen LogP contribution in [-0.4, -0.2) is 45.7 Å². The van der Waals surface area contributed by atoms with Crippen LogP contribution in [0.5, 0.6) is 0 Å². The molecule has 0 radical (unpaired) electrons. The molecule has 1 rings (SSSR count). The van der Waals surface area contributed by atoms with Crippen LogP contribution >= 0.6 is 0 Å². The van der Waals surface area contributed by atoms with Crippen LogP contribution in [0.4, 0.5) is 4.39 Å². The monoisotopic (exact) mass is 324 g/mol. The van der Waals surface area contributed by atoms with Crippen molar-refractivity contribution < 1.29 is 31.1 Å². The predicted molar refractivity (Wildman–Crippen MR) is 69.7 cm³/mol. The SMILES string of the molecule is CS(=O)(=O)CCCS(=O)(=O)c1cc(C(=O)O)ccc1F. The first kappa shape index (κ1) is 16.6. The summed E-state index contributed by atoms with van der Waals surface area (Å²) in [4.78, 5) is 10.0. The van der Waals surface area contributed by atoms with Gasteiger partial charge in [-0.3, -0.25) is 0 Å². The van der Waals surface area contributed by atoms with E-state index in [2.05, 4.69) is 0 Å². The third kappa shape index (κ3) is 4.57. The van der Waals surface area contributed by atoms with E-state index in [4.69, 9.17) is 5.11 Å². The molecule has 112 valence electrons. The van der Waals surface area contributed by atoms with Crippen LogP contribution in [0.25, 0.3) is 0 Å². The molecule has 0 amide bonds. The molecule has 0 saturated heterocycles. The van der Waals surface area contributed by atoms with E-state index in [1.54, 1.807) is 0 Å². The van der Waals surface area contributed by atoms with Crippen molar-refractivity contribution in [3.05, 3.63) is 29.6 Å². The molecule has 1 aromatic rings. The second-order valence-corrected chi connectivity index (χ2v) is 8.59. The molecular weight excluding hydrogens is 311 g/mol. The first-order chi connectivity index (χ1) is 9.03. The highest BCUT2D eigenvalue weighted by atomic mass is 32.2. The van der Waals surface area contributed by atoms with Gasteiger partial charge in [0.2, 0.25) is 0 Å². The smallest absolute Gasteiger partial charge is 0.335 e. The zero-order chi connectivity index (χ0) is 15.6. The zero-order valence-corrected chi connectivity index (χ0v) is 12.2. The van der Waals surface area contributed by atoms with E-state index >= 15 is 0 Å². The van der Waals surface area contributed by atoms with Crippen molar-refractivity contribution in [1.29, 1.82) is 0 Å². The zero-order valence-electron chi connectivity index (χ0n) is 10.5. The molecule has 0 unspecified atom stereocenters. The summed E-state index contributed by atoms with van der Waals surface area (Å²) in [5.74, 6) is -3.35. The van der Waals surface area contributed by atoms with Crippen LogP contribution in [0.15, 0.2) is 23.1 Å². The van der Waals surface area contributed by atoms with Crippen molar-refractivity contribution >= 4 is 25.6 Å². The van der Waals surface area contributed by atoms with Gasteiger partial charge in [0, 0.05) is 6.26 Å². The van der Waals surface area contributed by atoms with E-state index in [-0.39, 0.29) is 17.7 Å². The molecule has 0 bridgehead atoms. The van der Waals surface area contributed by atoms with Gasteiger partial charge in [0.05, 0.1) is 17.1 Å². The first-order valence-corrected chi connectivity index (χ1v) is 9.17. The van der Waals surface area contributed by atoms with Crippen molar-refractivity contribution in [2.24, 2.45) is 0 Å². The van der Waals surface area contributed by atoms with Crippen molar-refractivity contribution in [1.82, 2.24) is 0 Å². The van der Waals surface area contributed by atoms with Crippen molar-refractivity contribution in [2.45, 2.75) is 11.3 Å². The number of aromatic carboxylic acids is 1. The molecule has 0 fully saturated rings. The van der Waals surface area contributed by atoms with Gasteiger partial charge in [-0.15, -0.1) is 0 Å². The Labute approximate surface area is 116 Å². The molecule has 20 heavy (non-hydrogen) atoms. The lowest BCUT2D eigenvalue weighted by molar-refractivity contribution is 0.0696. The van der Waals surface area contributed by atoms with Gasteiger partial charge >= 0.3 is 5.97 Å². The number of hydrogen-bond acceptors (Lipinski definition) is 5. The molecule has 6 nitrogen and oxygen atoms in total. The summed E-state index contributed by atoms with van der Waals surface area (Å²) in [5, 5.41) is 8.75. The average molecular weight is 324 g/mol. The number of rotatable bonds is 6. The fourth-order valence-corrected chi connectivity index (χ4v) is 3.76. The molecule has 0 aliphatic rings. The number of sulfone groups is 2. The maximum absolute atomic E-state index is 13.5. The van der Waals surface area contributed by atoms with Crippen LogP contribution in [-0.2, 0) is 19.7 Å². The molecule has 1 N–H and O–H groups in total. The lowest BCUT2D eigenvalue weighted by Gasteiger charge is -2.06. The predicted octanol–water partition coefficient (Wildman–Crippen LogP) is 0.732. The highest BCUT2D eigenvalue weighted by Crippen LogP contribution is 2.19. The lowest BCUT2D eigenvalue weighted by Crippen LogP contribution is -2.14. The van der Waals surface area contributed by atoms with Crippen LogP contribution < -0.4 is 0 Å². The summed E-state index contributed by atoms with van der Waals surface area (Å²) in [7, 11) is -7.38. The Balaban J connectivity index is 3.03. The maximum atomic E-state index is 13.5. The standard InChI is InChI=1S/C11H13FO6S2/c1-19(15,16)5-2-6-20(17,18)10-7-8(11(13)14)3-4-9(10)12/h3-4,7H,2,5-6H2,1H3,(H,13,14). The van der Waals surface area contributed by atoms with E-state index in [0.29, 0.717) is 0 Å². The van der Waals surface area contributed by atoms with Gasteiger partial charge in [-0.1, -0.05) is 0 Å². The highest BCUT2D eigenvalue weighted by Gasteiger charge is 2.21. The van der Waals surface area contributed by atoms with Crippen LogP contribution in [0, 0.1) is 5.82 Å². The minimum Gasteiger partial charge on any atom is -0.478 e. The third-order valence-electron chi connectivity index (χ3n) is 2.44. The average Bonchev–Trinajstić information content (AvgIpc) is 2.26. The Kier molecular flexibility index (Phi) is 4.87. The van der Waals surface area contributed by atoms with E-state index in [0.717, 1.165) is 24.5 Å². The number of carbonyl (C=O) groups is 1. The lowest BCUT2D eigenvalue weighted by atomic mass is 10.2. The van der Waals surface area contributed by atoms with Gasteiger partial charge in [-0.05, 0) is 24.6 Å². The minimum absolute atomic E-state index is 0.183. The van der Waals surface area contributed by atoms with E-state index < -0.39 is 42.1 Å². The number of hydrogen-bond donors (Lipinski definition) is 1. The van der Waals surface area contributed by atoms with Gasteiger partial charge < -0.3 is 5.11 Å². The van der Waals surface area contributed by atoms with E-state index in [1.807, 2.05) is 0 Å². The first-order valence-electron chi connectivity index (χ1n) is 5.46. The Morgan fingerprint density at radius 2 is 1.80 bits per heavy atom. The van der Waals surface area contributed by atoms with Crippen molar-refractivity contribution in [3.8, 4) is 0 Å². The summed E-state index contributed by atoms with van der Waals surface area (Å²) in [6.07, 6.45) is 0.781. The van der Waals surface area contributed by atoms with Gasteiger partial charge in [0.1, 0.15) is 20.5 Å². The van der Waals surface area contributed by atoms with Gasteiger partial charge in [0.25, 0.3) is 0 Å². The molecule has 0 aliphatic carbocycles. The summed E-state index contributed by atoms with van der Waals surface area (Å²) >= 11 is 0. The molecule has 9 heteroatoms. The van der Waals surface area contributed by atoms with Crippen LogP contribution in [0.2, 0.25) is 0 Å². The Morgan fingerprint density at radius 1 is 1.20 bits per heavy atom. The molecule has 0 aliphatic heterocycles. The van der Waals surface area contributed by atoms with Crippen molar-refractivity contribution in [3.63, 3.8) is 0 Å². The maximum Gasteiger partial charge on any atom is 0.335 e. The Bertz CT molecular complexity index is 721. The van der Waals surface area contributed by atoms with E-state index in [9.17, 15) is 26.0 Å². The third-order valence-corrected chi connectivity index (χ3v) is 5.28. The second kappa shape index (κ2) is 5.88. The summed E-state index contributed by atoms with van der Waals surface area (Å²) < 4.78 is 59.1. The minimum atomic E-state index is -4.07. The van der Waals surface area contributed by atoms with Gasteiger partial charge in [-0.2, -0.15) is 0 Å². The summed E-state index contributed by atoms with van der Waals surface area (Å²) in [5.41, 5.74) is -0.354. The topological polar surface area (TPSA) is 106 Å². The Morgan fingerprint density at radius 3 is 2.30 bits per heavy atom.